The number of benzene rings is 1. The van der Waals surface area contributed by atoms with Crippen LogP contribution in [0.3, 0.4) is 0 Å². The van der Waals surface area contributed by atoms with Gasteiger partial charge in [0.05, 0.1) is 31.9 Å². The predicted octanol–water partition coefficient (Wildman–Crippen LogP) is 0.367. The number of anilines is 1. The topological polar surface area (TPSA) is 62.3 Å². The van der Waals surface area contributed by atoms with Gasteiger partial charge in [0.2, 0.25) is 0 Å². The van der Waals surface area contributed by atoms with Crippen LogP contribution in [0.2, 0.25) is 0 Å². The van der Waals surface area contributed by atoms with Crippen molar-refractivity contribution in [3.8, 4) is 5.75 Å². The van der Waals surface area contributed by atoms with Crippen LogP contribution in [0.4, 0.5) is 5.69 Å². The average Bonchev–Trinajstić information content (AvgIpc) is 3.05. The predicted molar refractivity (Wildman–Crippen MR) is 94.1 cm³/mol. The molecule has 1 aliphatic rings. The number of thiazole rings is 1. The largest absolute Gasteiger partial charge is 0.506 e. The number of para-hydroxylation sites is 2. The number of rotatable bonds is 3. The molecule has 1 aliphatic heterocycles. The van der Waals surface area contributed by atoms with E-state index in [1.165, 1.54) is 16.2 Å². The van der Waals surface area contributed by atoms with Crippen molar-refractivity contribution in [1.29, 1.82) is 0 Å². The molecule has 24 heavy (non-hydrogen) atoms. The quantitative estimate of drug-likeness (QED) is 0.721. The van der Waals surface area contributed by atoms with Gasteiger partial charge in [0.1, 0.15) is 18.0 Å². The number of fused-ring (bicyclic) bond motifs is 1. The van der Waals surface area contributed by atoms with Crippen molar-refractivity contribution in [2.24, 2.45) is 0 Å². The van der Waals surface area contributed by atoms with E-state index >= 15 is 0 Å². The van der Waals surface area contributed by atoms with Crippen LogP contribution in [0.15, 0.2) is 46.7 Å². The van der Waals surface area contributed by atoms with Crippen molar-refractivity contribution in [3.05, 3.63) is 58.0 Å². The summed E-state index contributed by atoms with van der Waals surface area (Å²) in [6, 6.07) is 9.10. The molecule has 6 nitrogen and oxygen atoms in total. The van der Waals surface area contributed by atoms with Crippen molar-refractivity contribution in [1.82, 2.24) is 9.38 Å². The summed E-state index contributed by atoms with van der Waals surface area (Å²) in [4.78, 5) is 21.0. The maximum absolute atomic E-state index is 12.1. The molecule has 2 N–H and O–H groups in total. The zero-order chi connectivity index (χ0) is 16.5. The highest BCUT2D eigenvalue weighted by Gasteiger charge is 2.22. The first-order valence-electron chi connectivity index (χ1n) is 8.03. The standard InChI is InChI=1S/C17H18N4O2S/c22-15-4-2-1-3-14(15)20-7-5-19(6-8-20)12-13-11-16(23)21-9-10-24-17(21)18-13/h1-4,9-11,22H,5-8,12H2/p+1. The molecule has 2 aromatic heterocycles. The lowest BCUT2D eigenvalue weighted by Crippen LogP contribution is -3.13. The molecule has 0 spiro atoms. The lowest BCUT2D eigenvalue weighted by Gasteiger charge is -2.33. The Balaban J connectivity index is 1.44. The first-order valence-corrected chi connectivity index (χ1v) is 8.91. The zero-order valence-electron chi connectivity index (χ0n) is 13.2. The van der Waals surface area contributed by atoms with Crippen LogP contribution >= 0.6 is 11.3 Å². The number of phenols is 1. The number of aromatic hydroxyl groups is 1. The minimum atomic E-state index is -0.0107. The fourth-order valence-corrected chi connectivity index (χ4v) is 3.95. The van der Waals surface area contributed by atoms with Gasteiger partial charge in [-0.05, 0) is 12.1 Å². The summed E-state index contributed by atoms with van der Waals surface area (Å²) in [6.45, 7) is 4.44. The second-order valence-corrected chi connectivity index (χ2v) is 6.92. The Kier molecular flexibility index (Phi) is 3.95. The normalized spacial score (nSPS) is 15.9. The summed E-state index contributed by atoms with van der Waals surface area (Å²) >= 11 is 1.48. The van der Waals surface area contributed by atoms with Gasteiger partial charge in [-0.3, -0.25) is 9.20 Å². The smallest absolute Gasteiger partial charge is 0.258 e. The molecular formula is C17H19N4O2S+. The Morgan fingerprint density at radius 3 is 2.83 bits per heavy atom. The summed E-state index contributed by atoms with van der Waals surface area (Å²) in [7, 11) is 0. The van der Waals surface area contributed by atoms with Crippen molar-refractivity contribution >= 4 is 22.0 Å². The Labute approximate surface area is 143 Å². The second-order valence-electron chi connectivity index (χ2n) is 6.04. The summed E-state index contributed by atoms with van der Waals surface area (Å²) in [5.41, 5.74) is 1.74. The Bertz CT molecular complexity index is 912. The minimum Gasteiger partial charge on any atom is -0.506 e. The molecule has 1 aromatic carbocycles. The molecule has 1 saturated heterocycles. The first kappa shape index (κ1) is 15.2. The number of hydrogen-bond acceptors (Lipinski definition) is 5. The van der Waals surface area contributed by atoms with Gasteiger partial charge in [-0.25, -0.2) is 4.98 Å². The van der Waals surface area contributed by atoms with Crippen LogP contribution in [0.1, 0.15) is 5.69 Å². The molecule has 0 unspecified atom stereocenters. The fourth-order valence-electron chi connectivity index (χ4n) is 3.21. The molecule has 0 atom stereocenters. The minimum absolute atomic E-state index is 0.0107. The maximum atomic E-state index is 12.1. The number of nitrogens with one attached hydrogen (secondary N) is 1. The molecule has 0 saturated carbocycles. The number of hydrogen-bond donors (Lipinski definition) is 2. The van der Waals surface area contributed by atoms with E-state index in [0.29, 0.717) is 5.75 Å². The van der Waals surface area contributed by atoms with Crippen LogP contribution in [-0.4, -0.2) is 40.7 Å². The molecule has 3 aromatic rings. The van der Waals surface area contributed by atoms with Gasteiger partial charge in [-0.2, -0.15) is 0 Å². The molecule has 0 amide bonds. The molecule has 4 rings (SSSR count). The highest BCUT2D eigenvalue weighted by Crippen LogP contribution is 2.25. The molecular weight excluding hydrogens is 324 g/mol. The molecule has 3 heterocycles. The third-order valence-corrected chi connectivity index (χ3v) is 5.24. The van der Waals surface area contributed by atoms with E-state index in [4.69, 9.17) is 0 Å². The summed E-state index contributed by atoms with van der Waals surface area (Å²) < 4.78 is 1.58. The van der Waals surface area contributed by atoms with Gasteiger partial charge in [0, 0.05) is 17.6 Å². The highest BCUT2D eigenvalue weighted by molar-refractivity contribution is 7.15. The van der Waals surface area contributed by atoms with Crippen LogP contribution in [-0.2, 0) is 6.54 Å². The Hall–Kier alpha value is -2.38. The van der Waals surface area contributed by atoms with E-state index in [0.717, 1.165) is 49.1 Å². The molecule has 0 bridgehead atoms. The molecule has 0 aliphatic carbocycles. The molecule has 7 heteroatoms. The van der Waals surface area contributed by atoms with Gasteiger partial charge in [-0.15, -0.1) is 11.3 Å². The number of quaternary nitrogens is 1. The SMILES string of the molecule is O=c1cc(C[NH+]2CCN(c3ccccc3O)CC2)nc2sccn12. The number of phenolic OH excluding ortho intramolecular Hbond substituents is 1. The van der Waals surface area contributed by atoms with Crippen molar-refractivity contribution in [2.45, 2.75) is 6.54 Å². The van der Waals surface area contributed by atoms with Gasteiger partial charge >= 0.3 is 0 Å². The molecule has 124 valence electrons. The monoisotopic (exact) mass is 343 g/mol. The number of piperazine rings is 1. The number of aromatic nitrogens is 2. The van der Waals surface area contributed by atoms with E-state index in [2.05, 4.69) is 9.88 Å². The summed E-state index contributed by atoms with van der Waals surface area (Å²) in [5, 5.41) is 11.9. The number of nitrogens with zero attached hydrogens (tertiary/aromatic N) is 3. The maximum Gasteiger partial charge on any atom is 0.258 e. The third-order valence-electron chi connectivity index (χ3n) is 4.48. The lowest BCUT2D eigenvalue weighted by atomic mass is 10.2. The summed E-state index contributed by atoms with van der Waals surface area (Å²) in [6.07, 6.45) is 1.76. The van der Waals surface area contributed by atoms with Crippen molar-refractivity contribution in [3.63, 3.8) is 0 Å². The fraction of sp³-hybridized carbons (Fsp3) is 0.294. The highest BCUT2D eigenvalue weighted by atomic mass is 32.1. The first-order chi connectivity index (χ1) is 11.7. The van der Waals surface area contributed by atoms with Gasteiger partial charge in [-0.1, -0.05) is 12.1 Å². The van der Waals surface area contributed by atoms with Crippen LogP contribution in [0.5, 0.6) is 5.75 Å². The van der Waals surface area contributed by atoms with E-state index in [1.807, 2.05) is 23.6 Å². The van der Waals surface area contributed by atoms with E-state index < -0.39 is 0 Å². The van der Waals surface area contributed by atoms with Crippen LogP contribution < -0.4 is 15.4 Å². The van der Waals surface area contributed by atoms with Crippen LogP contribution in [0, 0.1) is 0 Å². The van der Waals surface area contributed by atoms with Gasteiger partial charge < -0.3 is 14.9 Å². The van der Waals surface area contributed by atoms with E-state index in [1.54, 1.807) is 22.7 Å². The molecule has 0 radical (unpaired) electrons. The molecule has 1 fully saturated rings. The van der Waals surface area contributed by atoms with Crippen molar-refractivity contribution < 1.29 is 10.0 Å². The van der Waals surface area contributed by atoms with Crippen molar-refractivity contribution in [2.75, 3.05) is 31.1 Å². The Morgan fingerprint density at radius 1 is 1.25 bits per heavy atom. The van der Waals surface area contributed by atoms with Crippen LogP contribution in [0.25, 0.3) is 4.96 Å². The second kappa shape index (κ2) is 6.26. The average molecular weight is 343 g/mol. The zero-order valence-corrected chi connectivity index (χ0v) is 14.0. The van der Waals surface area contributed by atoms with Gasteiger partial charge in [0.15, 0.2) is 4.96 Å². The lowest BCUT2D eigenvalue weighted by molar-refractivity contribution is -0.914. The third kappa shape index (κ3) is 2.88. The summed E-state index contributed by atoms with van der Waals surface area (Å²) in [5.74, 6) is 0.332. The van der Waals surface area contributed by atoms with E-state index in [9.17, 15) is 9.90 Å². The Morgan fingerprint density at radius 2 is 2.04 bits per heavy atom. The van der Waals surface area contributed by atoms with Gasteiger partial charge in [0.25, 0.3) is 5.56 Å². The van der Waals surface area contributed by atoms with E-state index in [-0.39, 0.29) is 5.56 Å².